The molecule has 0 aliphatic carbocycles. The quantitative estimate of drug-likeness (QED) is 0.918. The van der Waals surface area contributed by atoms with Crippen LogP contribution >= 0.6 is 11.3 Å². The molecule has 0 spiro atoms. The van der Waals surface area contributed by atoms with Gasteiger partial charge in [0.1, 0.15) is 5.82 Å². The van der Waals surface area contributed by atoms with Gasteiger partial charge in [0, 0.05) is 11.9 Å². The van der Waals surface area contributed by atoms with Crippen molar-refractivity contribution in [3.63, 3.8) is 0 Å². The van der Waals surface area contributed by atoms with Gasteiger partial charge in [-0.1, -0.05) is 6.92 Å². The molecule has 2 rings (SSSR count). The van der Waals surface area contributed by atoms with E-state index in [-0.39, 0.29) is 5.91 Å². The molecule has 0 radical (unpaired) electrons. The van der Waals surface area contributed by atoms with E-state index in [9.17, 15) is 4.79 Å². The van der Waals surface area contributed by atoms with E-state index in [1.54, 1.807) is 23.3 Å². The van der Waals surface area contributed by atoms with Crippen molar-refractivity contribution in [3.8, 4) is 0 Å². The summed E-state index contributed by atoms with van der Waals surface area (Å²) in [4.78, 5) is 20.0. The van der Waals surface area contributed by atoms with Crippen LogP contribution in [0, 0.1) is 6.92 Å². The fourth-order valence-corrected chi connectivity index (χ4v) is 2.56. The summed E-state index contributed by atoms with van der Waals surface area (Å²) in [5, 5.41) is 6.80. The Labute approximate surface area is 110 Å². The second-order valence-corrected chi connectivity index (χ2v) is 5.29. The molecular formula is C12H16N4OS. The first-order valence-corrected chi connectivity index (χ1v) is 6.64. The van der Waals surface area contributed by atoms with Gasteiger partial charge < -0.3 is 4.90 Å². The van der Waals surface area contributed by atoms with Crippen LogP contribution in [0.2, 0.25) is 0 Å². The zero-order valence-electron chi connectivity index (χ0n) is 10.7. The summed E-state index contributed by atoms with van der Waals surface area (Å²) < 4.78 is 0. The summed E-state index contributed by atoms with van der Waals surface area (Å²) in [6.07, 6.45) is 0.960. The van der Waals surface area contributed by atoms with Crippen LogP contribution in [0.15, 0.2) is 12.1 Å². The molecule has 0 saturated heterocycles. The summed E-state index contributed by atoms with van der Waals surface area (Å²) in [6.45, 7) is 4.34. The molecule has 2 heterocycles. The van der Waals surface area contributed by atoms with E-state index in [1.165, 1.54) is 4.88 Å². The summed E-state index contributed by atoms with van der Waals surface area (Å²) in [5.74, 6) is 1.41. The number of rotatable bonds is 4. The molecule has 5 nitrogen and oxygen atoms in total. The molecule has 0 aliphatic rings. The average Bonchev–Trinajstić information content (AvgIpc) is 2.97. The molecule has 0 aromatic carbocycles. The van der Waals surface area contributed by atoms with Crippen molar-refractivity contribution in [2.75, 3.05) is 7.05 Å². The topological polar surface area (TPSA) is 61.9 Å². The molecule has 2 aromatic heterocycles. The van der Waals surface area contributed by atoms with Crippen LogP contribution in [0.25, 0.3) is 0 Å². The van der Waals surface area contributed by atoms with Gasteiger partial charge in [-0.15, -0.1) is 11.3 Å². The first kappa shape index (κ1) is 12.8. The third kappa shape index (κ3) is 2.76. The molecule has 1 amide bonds. The van der Waals surface area contributed by atoms with E-state index in [0.717, 1.165) is 17.1 Å². The van der Waals surface area contributed by atoms with Crippen molar-refractivity contribution < 1.29 is 4.79 Å². The molecule has 0 fully saturated rings. The highest BCUT2D eigenvalue weighted by Gasteiger charge is 2.15. The van der Waals surface area contributed by atoms with Gasteiger partial charge in [-0.3, -0.25) is 9.89 Å². The fraction of sp³-hybridized carbons (Fsp3) is 0.417. The van der Waals surface area contributed by atoms with Gasteiger partial charge in [0.2, 0.25) is 0 Å². The lowest BCUT2D eigenvalue weighted by Crippen LogP contribution is -2.26. The van der Waals surface area contributed by atoms with E-state index in [1.807, 2.05) is 19.1 Å². The maximum absolute atomic E-state index is 12.2. The van der Waals surface area contributed by atoms with E-state index >= 15 is 0 Å². The van der Waals surface area contributed by atoms with Crippen molar-refractivity contribution in [2.45, 2.75) is 26.8 Å². The molecule has 96 valence electrons. The van der Waals surface area contributed by atoms with Gasteiger partial charge in [-0.25, -0.2) is 4.98 Å². The Morgan fingerprint density at radius 3 is 2.83 bits per heavy atom. The summed E-state index contributed by atoms with van der Waals surface area (Å²) in [6, 6.07) is 3.88. The lowest BCUT2D eigenvalue weighted by Gasteiger charge is -2.13. The number of nitrogens with zero attached hydrogens (tertiary/aromatic N) is 3. The Balaban J connectivity index is 2.04. The number of aryl methyl sites for hydroxylation is 2. The Hall–Kier alpha value is -1.69. The highest BCUT2D eigenvalue weighted by molar-refractivity contribution is 7.14. The average molecular weight is 264 g/mol. The summed E-state index contributed by atoms with van der Waals surface area (Å²) >= 11 is 1.55. The van der Waals surface area contributed by atoms with Gasteiger partial charge >= 0.3 is 0 Å². The highest BCUT2D eigenvalue weighted by atomic mass is 32.1. The van der Waals surface area contributed by atoms with Gasteiger partial charge in [0.15, 0.2) is 5.82 Å². The van der Waals surface area contributed by atoms with E-state index < -0.39 is 0 Å². The summed E-state index contributed by atoms with van der Waals surface area (Å²) in [5.41, 5.74) is 0. The Bertz CT molecular complexity index is 546. The van der Waals surface area contributed by atoms with Crippen molar-refractivity contribution in [1.29, 1.82) is 0 Å². The Morgan fingerprint density at radius 2 is 2.28 bits per heavy atom. The molecule has 6 heteroatoms. The molecule has 2 aromatic rings. The van der Waals surface area contributed by atoms with Crippen LogP contribution in [0.1, 0.15) is 33.1 Å². The molecule has 0 bridgehead atoms. The van der Waals surface area contributed by atoms with Gasteiger partial charge in [0.25, 0.3) is 5.91 Å². The van der Waals surface area contributed by atoms with E-state index in [0.29, 0.717) is 12.4 Å². The number of hydrogen-bond acceptors (Lipinski definition) is 4. The molecule has 0 aliphatic heterocycles. The maximum Gasteiger partial charge on any atom is 0.264 e. The smallest absolute Gasteiger partial charge is 0.264 e. The number of amides is 1. The number of carbonyl (C=O) groups is 1. The molecule has 0 saturated carbocycles. The second-order valence-electron chi connectivity index (χ2n) is 4.12. The van der Waals surface area contributed by atoms with E-state index in [4.69, 9.17) is 0 Å². The van der Waals surface area contributed by atoms with Crippen molar-refractivity contribution in [3.05, 3.63) is 33.5 Å². The van der Waals surface area contributed by atoms with Crippen LogP contribution < -0.4 is 0 Å². The minimum absolute atomic E-state index is 0.0159. The third-order valence-corrected chi connectivity index (χ3v) is 3.81. The zero-order valence-corrected chi connectivity index (χ0v) is 11.5. The zero-order chi connectivity index (χ0) is 13.1. The fourth-order valence-electron chi connectivity index (χ4n) is 1.61. The van der Waals surface area contributed by atoms with E-state index in [2.05, 4.69) is 22.1 Å². The van der Waals surface area contributed by atoms with Crippen LogP contribution in [0.5, 0.6) is 0 Å². The molecule has 18 heavy (non-hydrogen) atoms. The first-order chi connectivity index (χ1) is 8.60. The minimum atomic E-state index is 0.0159. The lowest BCUT2D eigenvalue weighted by molar-refractivity contribution is 0.0786. The number of thiophene rings is 1. The van der Waals surface area contributed by atoms with Gasteiger partial charge in [0.05, 0.1) is 11.4 Å². The first-order valence-electron chi connectivity index (χ1n) is 5.82. The number of hydrogen-bond donors (Lipinski definition) is 1. The molecular weight excluding hydrogens is 248 g/mol. The lowest BCUT2D eigenvalue weighted by atomic mass is 10.3. The summed E-state index contributed by atoms with van der Waals surface area (Å²) in [7, 11) is 1.76. The van der Waals surface area contributed by atoms with Crippen molar-refractivity contribution in [1.82, 2.24) is 20.1 Å². The third-order valence-electron chi connectivity index (χ3n) is 2.59. The molecule has 1 N–H and O–H groups in total. The van der Waals surface area contributed by atoms with Crippen molar-refractivity contribution >= 4 is 17.2 Å². The second kappa shape index (κ2) is 5.30. The number of H-pyrrole nitrogens is 1. The van der Waals surface area contributed by atoms with Crippen LogP contribution in [-0.2, 0) is 13.0 Å². The Kier molecular flexibility index (Phi) is 3.76. The highest BCUT2D eigenvalue weighted by Crippen LogP contribution is 2.18. The molecule has 0 unspecified atom stereocenters. The monoisotopic (exact) mass is 264 g/mol. The number of aromatic nitrogens is 3. The largest absolute Gasteiger partial charge is 0.333 e. The van der Waals surface area contributed by atoms with Crippen molar-refractivity contribution in [2.24, 2.45) is 0 Å². The standard InChI is InChI=1S/C12H16N4OS/c1-4-9-5-6-10(18-9)12(17)16(3)7-11-13-8(2)14-15-11/h5-6H,4,7H2,1-3H3,(H,13,14,15). The molecule has 0 atom stereocenters. The SMILES string of the molecule is CCc1ccc(C(=O)N(C)Cc2n[nH]c(C)n2)s1. The number of aromatic amines is 1. The maximum atomic E-state index is 12.2. The van der Waals surface area contributed by atoms with Crippen LogP contribution in [0.4, 0.5) is 0 Å². The van der Waals surface area contributed by atoms with Crippen LogP contribution in [-0.4, -0.2) is 33.0 Å². The van der Waals surface area contributed by atoms with Gasteiger partial charge in [-0.05, 0) is 25.5 Å². The minimum Gasteiger partial charge on any atom is -0.333 e. The number of nitrogens with one attached hydrogen (secondary N) is 1. The predicted molar refractivity (Wildman–Crippen MR) is 70.6 cm³/mol. The Morgan fingerprint density at radius 1 is 1.50 bits per heavy atom. The van der Waals surface area contributed by atoms with Crippen LogP contribution in [0.3, 0.4) is 0 Å². The van der Waals surface area contributed by atoms with Gasteiger partial charge in [-0.2, -0.15) is 5.10 Å². The number of carbonyl (C=O) groups excluding carboxylic acids is 1. The predicted octanol–water partition coefficient (Wildman–Crippen LogP) is 2.01. The normalized spacial score (nSPS) is 10.6.